The highest BCUT2D eigenvalue weighted by Crippen LogP contribution is 2.43. The molecule has 2 unspecified atom stereocenters. The molecule has 1 aromatic heterocycles. The number of para-hydroxylation sites is 1. The smallest absolute Gasteiger partial charge is 0.253 e. The van der Waals surface area contributed by atoms with E-state index in [-0.39, 0.29) is 18.6 Å². The first kappa shape index (κ1) is 19.8. The zero-order valence-corrected chi connectivity index (χ0v) is 17.4. The Morgan fingerprint density at radius 1 is 1.16 bits per heavy atom. The largest absolute Gasteiger partial charge is 0.485 e. The van der Waals surface area contributed by atoms with E-state index in [0.29, 0.717) is 41.0 Å². The van der Waals surface area contributed by atoms with Crippen LogP contribution in [0.3, 0.4) is 0 Å². The molecular formula is C22H16N4O5S. The third-order valence-corrected chi connectivity index (χ3v) is 6.05. The fraction of sp³-hybridized carbons (Fsp3) is 0.136. The van der Waals surface area contributed by atoms with Crippen LogP contribution >= 0.6 is 0 Å². The Kier molecular flexibility index (Phi) is 5.09. The maximum Gasteiger partial charge on any atom is 0.253 e. The highest BCUT2D eigenvalue weighted by atomic mass is 32.2. The monoisotopic (exact) mass is 448 g/mol. The SMILES string of the molecule is N#Cc1ccc(Oc2cccc3c2OCC3Oc2ccc(N3CC(=O)NS3=O)cc2)cn1. The topological polar surface area (TPSA) is 114 Å². The summed E-state index contributed by atoms with van der Waals surface area (Å²) in [6, 6.07) is 17.8. The van der Waals surface area contributed by atoms with Gasteiger partial charge in [-0.05, 0) is 42.5 Å². The first-order chi connectivity index (χ1) is 15.6. The van der Waals surface area contributed by atoms with E-state index in [0.717, 1.165) is 5.56 Å². The van der Waals surface area contributed by atoms with Crippen LogP contribution < -0.4 is 23.2 Å². The molecule has 1 saturated heterocycles. The molecule has 1 amide bonds. The van der Waals surface area contributed by atoms with Gasteiger partial charge in [0.1, 0.15) is 36.4 Å². The average molecular weight is 448 g/mol. The molecule has 3 heterocycles. The predicted octanol–water partition coefficient (Wildman–Crippen LogP) is 2.77. The Bertz CT molecular complexity index is 1240. The predicted molar refractivity (Wildman–Crippen MR) is 114 cm³/mol. The van der Waals surface area contributed by atoms with Gasteiger partial charge in [0.05, 0.1) is 11.9 Å². The number of anilines is 1. The van der Waals surface area contributed by atoms with E-state index in [4.69, 9.17) is 19.5 Å². The molecular weight excluding hydrogens is 432 g/mol. The molecule has 5 rings (SSSR count). The number of hydrogen-bond acceptors (Lipinski definition) is 7. The number of pyridine rings is 1. The van der Waals surface area contributed by atoms with Crippen LogP contribution in [0.1, 0.15) is 17.4 Å². The Morgan fingerprint density at radius 3 is 2.66 bits per heavy atom. The molecule has 2 aliphatic rings. The van der Waals surface area contributed by atoms with Gasteiger partial charge in [0.25, 0.3) is 5.91 Å². The van der Waals surface area contributed by atoms with Gasteiger partial charge in [-0.15, -0.1) is 0 Å². The van der Waals surface area contributed by atoms with Crippen molar-refractivity contribution < 1.29 is 23.2 Å². The van der Waals surface area contributed by atoms with Gasteiger partial charge in [0.2, 0.25) is 11.2 Å². The lowest BCUT2D eigenvalue weighted by Gasteiger charge is -2.16. The number of nitrogens with zero attached hydrogens (tertiary/aromatic N) is 3. The number of fused-ring (bicyclic) bond motifs is 1. The van der Waals surface area contributed by atoms with E-state index >= 15 is 0 Å². The van der Waals surface area contributed by atoms with Gasteiger partial charge in [0, 0.05) is 5.56 Å². The van der Waals surface area contributed by atoms with Crippen molar-refractivity contribution in [2.75, 3.05) is 17.5 Å². The molecule has 9 nitrogen and oxygen atoms in total. The Labute approximate surface area is 185 Å². The van der Waals surface area contributed by atoms with Gasteiger partial charge in [-0.25, -0.2) is 9.19 Å². The van der Waals surface area contributed by atoms with Crippen LogP contribution in [-0.4, -0.2) is 28.3 Å². The van der Waals surface area contributed by atoms with Crippen LogP contribution in [0.2, 0.25) is 0 Å². The van der Waals surface area contributed by atoms with Crippen LogP contribution in [0.4, 0.5) is 5.69 Å². The maximum absolute atomic E-state index is 11.9. The van der Waals surface area contributed by atoms with E-state index < -0.39 is 11.2 Å². The zero-order valence-electron chi connectivity index (χ0n) is 16.6. The number of amides is 1. The lowest BCUT2D eigenvalue weighted by atomic mass is 10.1. The van der Waals surface area contributed by atoms with Crippen LogP contribution in [0.5, 0.6) is 23.0 Å². The molecule has 160 valence electrons. The molecule has 0 bridgehead atoms. The third-order valence-electron chi connectivity index (χ3n) is 4.91. The van der Waals surface area contributed by atoms with Gasteiger partial charge in [0.15, 0.2) is 17.6 Å². The minimum atomic E-state index is -1.56. The molecule has 10 heteroatoms. The summed E-state index contributed by atoms with van der Waals surface area (Å²) < 4.78 is 33.6. The number of aromatic nitrogens is 1. The number of hydrogen-bond donors (Lipinski definition) is 1. The molecule has 2 aliphatic heterocycles. The summed E-state index contributed by atoms with van der Waals surface area (Å²) in [4.78, 5) is 15.4. The van der Waals surface area contributed by atoms with Crippen LogP contribution in [0, 0.1) is 11.3 Å². The van der Waals surface area contributed by atoms with Gasteiger partial charge in [-0.3, -0.25) is 13.8 Å². The summed E-state index contributed by atoms with van der Waals surface area (Å²) in [7, 11) is 0. The fourth-order valence-electron chi connectivity index (χ4n) is 3.42. The standard InChI is InChI=1S/C22H16N4O5S/c23-10-14-4-7-17(11-24-14)31-19-3-1-2-18-20(13-29-22(18)19)30-16-8-5-15(6-9-16)26-12-21(27)25-32(26)28/h1-9,11,20H,12-13H2,(H,25,27). The number of nitrogens with one attached hydrogen (secondary N) is 1. The van der Waals surface area contributed by atoms with Crippen LogP contribution in [0.25, 0.3) is 0 Å². The lowest BCUT2D eigenvalue weighted by molar-refractivity contribution is -0.117. The number of benzene rings is 2. The molecule has 0 saturated carbocycles. The second kappa shape index (κ2) is 8.20. The van der Waals surface area contributed by atoms with E-state index in [1.54, 1.807) is 42.5 Å². The van der Waals surface area contributed by atoms with Crippen molar-refractivity contribution in [2.45, 2.75) is 6.10 Å². The molecule has 1 N–H and O–H groups in total. The molecule has 3 aromatic rings. The third kappa shape index (κ3) is 3.81. The number of rotatable bonds is 5. The van der Waals surface area contributed by atoms with Crippen molar-refractivity contribution in [3.05, 3.63) is 72.1 Å². The van der Waals surface area contributed by atoms with Crippen molar-refractivity contribution in [3.63, 3.8) is 0 Å². The molecule has 0 spiro atoms. The van der Waals surface area contributed by atoms with E-state index in [1.165, 1.54) is 10.5 Å². The Morgan fingerprint density at radius 2 is 1.97 bits per heavy atom. The second-order valence-corrected chi connectivity index (χ2v) is 8.13. The molecule has 1 fully saturated rings. The summed E-state index contributed by atoms with van der Waals surface area (Å²) in [6.45, 7) is 0.367. The minimum Gasteiger partial charge on any atom is -0.485 e. The van der Waals surface area contributed by atoms with Gasteiger partial charge in [-0.1, -0.05) is 12.1 Å². The highest BCUT2D eigenvalue weighted by Gasteiger charge is 2.30. The van der Waals surface area contributed by atoms with Gasteiger partial charge < -0.3 is 14.2 Å². The Balaban J connectivity index is 1.30. The fourth-order valence-corrected chi connectivity index (χ4v) is 4.33. The molecule has 32 heavy (non-hydrogen) atoms. The number of carbonyl (C=O) groups excluding carboxylic acids is 1. The minimum absolute atomic E-state index is 0.0498. The molecule has 0 radical (unpaired) electrons. The van der Waals surface area contributed by atoms with Crippen molar-refractivity contribution in [2.24, 2.45) is 0 Å². The molecule has 0 aliphatic carbocycles. The van der Waals surface area contributed by atoms with Gasteiger partial charge in [-0.2, -0.15) is 5.26 Å². The highest BCUT2D eigenvalue weighted by molar-refractivity contribution is 7.85. The van der Waals surface area contributed by atoms with Gasteiger partial charge >= 0.3 is 0 Å². The quantitative estimate of drug-likeness (QED) is 0.638. The second-order valence-electron chi connectivity index (χ2n) is 6.99. The summed E-state index contributed by atoms with van der Waals surface area (Å²) in [5.74, 6) is 1.95. The van der Waals surface area contributed by atoms with E-state index in [1.807, 2.05) is 18.2 Å². The number of nitriles is 1. The summed E-state index contributed by atoms with van der Waals surface area (Å²) in [6.07, 6.45) is 1.15. The molecule has 2 atom stereocenters. The van der Waals surface area contributed by atoms with Crippen LogP contribution in [-0.2, 0) is 16.0 Å². The first-order valence-corrected chi connectivity index (χ1v) is 10.8. The zero-order chi connectivity index (χ0) is 22.1. The Hall–Kier alpha value is -4.10. The van der Waals surface area contributed by atoms with Crippen molar-refractivity contribution >= 4 is 22.8 Å². The normalized spacial score (nSPS) is 19.0. The number of ether oxygens (including phenoxy) is 3. The lowest BCUT2D eigenvalue weighted by Crippen LogP contribution is -2.22. The number of carbonyl (C=O) groups is 1. The molecule has 2 aromatic carbocycles. The average Bonchev–Trinajstić information content (AvgIpc) is 3.38. The first-order valence-electron chi connectivity index (χ1n) is 9.66. The summed E-state index contributed by atoms with van der Waals surface area (Å²) >= 11 is -1.56. The summed E-state index contributed by atoms with van der Waals surface area (Å²) in [5, 5.41) is 8.87. The van der Waals surface area contributed by atoms with Crippen LogP contribution in [0.15, 0.2) is 60.8 Å². The maximum atomic E-state index is 11.9. The summed E-state index contributed by atoms with van der Waals surface area (Å²) in [5.41, 5.74) is 1.82. The van der Waals surface area contributed by atoms with Crippen molar-refractivity contribution in [1.29, 1.82) is 5.26 Å². The van der Waals surface area contributed by atoms with E-state index in [2.05, 4.69) is 9.71 Å². The van der Waals surface area contributed by atoms with E-state index in [9.17, 15) is 9.00 Å². The van der Waals surface area contributed by atoms with Crippen molar-refractivity contribution in [3.8, 4) is 29.1 Å². The van der Waals surface area contributed by atoms with Crippen molar-refractivity contribution in [1.82, 2.24) is 9.71 Å².